The van der Waals surface area contributed by atoms with Gasteiger partial charge in [-0.2, -0.15) is 5.10 Å². The van der Waals surface area contributed by atoms with Crippen LogP contribution in [0.4, 0.5) is 0 Å². The van der Waals surface area contributed by atoms with Gasteiger partial charge >= 0.3 is 0 Å². The van der Waals surface area contributed by atoms with Gasteiger partial charge in [0.2, 0.25) is 0 Å². The van der Waals surface area contributed by atoms with Gasteiger partial charge in [0.1, 0.15) is 4.83 Å². The van der Waals surface area contributed by atoms with E-state index in [9.17, 15) is 4.79 Å². The van der Waals surface area contributed by atoms with Gasteiger partial charge in [-0.3, -0.25) is 9.48 Å². The summed E-state index contributed by atoms with van der Waals surface area (Å²) in [6.07, 6.45) is 3.13. The monoisotopic (exact) mass is 330 g/mol. The third kappa shape index (κ3) is 3.96. The van der Waals surface area contributed by atoms with Crippen LogP contribution in [0.15, 0.2) is 6.07 Å². The molecule has 7 heteroatoms. The predicted molar refractivity (Wildman–Crippen MR) is 90.4 cm³/mol. The fourth-order valence-corrected chi connectivity index (χ4v) is 3.30. The van der Waals surface area contributed by atoms with E-state index in [-0.39, 0.29) is 24.4 Å². The molecule has 2 aromatic heterocycles. The van der Waals surface area contributed by atoms with Crippen molar-refractivity contribution in [2.75, 3.05) is 6.54 Å². The Morgan fingerprint density at radius 3 is 2.86 bits per heavy atom. The molecule has 0 saturated heterocycles. The number of unbranched alkanes of at least 4 members (excludes halogenated alkanes) is 1. The number of nitrogens with zero attached hydrogens (tertiary/aromatic N) is 2. The molecule has 2 aromatic rings. The molecule has 0 aliphatic heterocycles. The molecule has 0 aliphatic carbocycles. The summed E-state index contributed by atoms with van der Waals surface area (Å²) in [6.45, 7) is 4.58. The molecule has 1 unspecified atom stereocenters. The number of fused-ring (bicyclic) bond motifs is 1. The minimum Gasteiger partial charge on any atom is -0.347 e. The standard InChI is InChI=1S/C14H22N4OS.ClH/c1-4-5-6-10(8-15)16-13(19)12-7-11-9(2)17-18(3)14(11)20-12;/h7,10H,4-6,8,15H2,1-3H3,(H,16,19);1H. The number of hydrogen-bond acceptors (Lipinski definition) is 4. The van der Waals surface area contributed by atoms with E-state index in [4.69, 9.17) is 5.73 Å². The van der Waals surface area contributed by atoms with Gasteiger partial charge in [-0.15, -0.1) is 23.7 Å². The number of hydrogen-bond donors (Lipinski definition) is 2. The fraction of sp³-hybridized carbons (Fsp3) is 0.571. The molecule has 1 amide bonds. The Labute approximate surface area is 135 Å². The molecule has 0 saturated carbocycles. The third-order valence-corrected chi connectivity index (χ3v) is 4.65. The molecule has 21 heavy (non-hydrogen) atoms. The summed E-state index contributed by atoms with van der Waals surface area (Å²) in [5, 5.41) is 8.42. The molecular formula is C14H23ClN4OS. The van der Waals surface area contributed by atoms with E-state index in [0.717, 1.165) is 40.1 Å². The van der Waals surface area contributed by atoms with E-state index in [1.807, 2.05) is 24.7 Å². The Morgan fingerprint density at radius 1 is 1.57 bits per heavy atom. The Morgan fingerprint density at radius 2 is 2.29 bits per heavy atom. The Bertz CT molecular complexity index is 573. The van der Waals surface area contributed by atoms with Crippen LogP contribution in [0.1, 0.15) is 41.6 Å². The summed E-state index contributed by atoms with van der Waals surface area (Å²) in [7, 11) is 1.90. The summed E-state index contributed by atoms with van der Waals surface area (Å²) >= 11 is 1.48. The van der Waals surface area contributed by atoms with Gasteiger partial charge in [0, 0.05) is 25.0 Å². The van der Waals surface area contributed by atoms with E-state index in [2.05, 4.69) is 17.3 Å². The Balaban J connectivity index is 0.00000220. The summed E-state index contributed by atoms with van der Waals surface area (Å²) in [6, 6.07) is 1.98. The molecule has 2 rings (SSSR count). The van der Waals surface area contributed by atoms with E-state index in [0.29, 0.717) is 6.54 Å². The van der Waals surface area contributed by atoms with Crippen molar-refractivity contribution in [2.24, 2.45) is 12.8 Å². The van der Waals surface area contributed by atoms with Crippen molar-refractivity contribution in [1.29, 1.82) is 0 Å². The van der Waals surface area contributed by atoms with Crippen LogP contribution in [0, 0.1) is 6.92 Å². The first-order chi connectivity index (χ1) is 9.56. The second kappa shape index (κ2) is 7.77. The topological polar surface area (TPSA) is 72.9 Å². The highest BCUT2D eigenvalue weighted by atomic mass is 35.5. The number of carbonyl (C=O) groups is 1. The van der Waals surface area contributed by atoms with Crippen molar-refractivity contribution >= 4 is 39.9 Å². The first kappa shape index (κ1) is 17.9. The van der Waals surface area contributed by atoms with Gasteiger partial charge in [0.25, 0.3) is 5.91 Å². The maximum atomic E-state index is 12.3. The molecule has 3 N–H and O–H groups in total. The summed E-state index contributed by atoms with van der Waals surface area (Å²) in [4.78, 5) is 14.0. The highest BCUT2D eigenvalue weighted by Gasteiger charge is 2.17. The minimum atomic E-state index is -0.0304. The molecule has 0 bridgehead atoms. The van der Waals surface area contributed by atoms with Crippen LogP contribution in [-0.4, -0.2) is 28.3 Å². The van der Waals surface area contributed by atoms with Crippen LogP contribution in [0.2, 0.25) is 0 Å². The molecule has 0 spiro atoms. The van der Waals surface area contributed by atoms with E-state index < -0.39 is 0 Å². The van der Waals surface area contributed by atoms with Crippen molar-refractivity contribution < 1.29 is 4.79 Å². The smallest absolute Gasteiger partial charge is 0.261 e. The molecule has 0 aliphatic rings. The lowest BCUT2D eigenvalue weighted by Gasteiger charge is -2.15. The molecular weight excluding hydrogens is 308 g/mol. The van der Waals surface area contributed by atoms with Crippen LogP contribution in [0.25, 0.3) is 10.2 Å². The molecule has 5 nitrogen and oxygen atoms in total. The quantitative estimate of drug-likeness (QED) is 0.855. The van der Waals surface area contributed by atoms with Crippen molar-refractivity contribution in [3.8, 4) is 0 Å². The Kier molecular flexibility index (Phi) is 6.64. The van der Waals surface area contributed by atoms with Gasteiger partial charge in [-0.05, 0) is 19.4 Å². The average Bonchev–Trinajstić information content (AvgIpc) is 2.97. The number of rotatable bonds is 6. The lowest BCUT2D eigenvalue weighted by molar-refractivity contribution is 0.0940. The van der Waals surface area contributed by atoms with Crippen LogP contribution in [0.3, 0.4) is 0 Å². The number of amides is 1. The highest BCUT2D eigenvalue weighted by molar-refractivity contribution is 7.20. The molecule has 118 valence electrons. The average molecular weight is 331 g/mol. The number of nitrogens with two attached hydrogens (primary N) is 1. The van der Waals surface area contributed by atoms with Crippen LogP contribution < -0.4 is 11.1 Å². The van der Waals surface area contributed by atoms with Gasteiger partial charge in [-0.1, -0.05) is 19.8 Å². The zero-order valence-corrected chi connectivity index (χ0v) is 14.3. The summed E-state index contributed by atoms with van der Waals surface area (Å²) in [5.74, 6) is -0.0304. The number of carbonyl (C=O) groups excluding carboxylic acids is 1. The Hall–Kier alpha value is -1.11. The lowest BCUT2D eigenvalue weighted by atomic mass is 10.1. The maximum Gasteiger partial charge on any atom is 0.261 e. The second-order valence-corrected chi connectivity index (χ2v) is 6.12. The van der Waals surface area contributed by atoms with Gasteiger partial charge in [0.15, 0.2) is 0 Å². The van der Waals surface area contributed by atoms with Crippen molar-refractivity contribution in [3.63, 3.8) is 0 Å². The maximum absolute atomic E-state index is 12.3. The van der Waals surface area contributed by atoms with E-state index >= 15 is 0 Å². The van der Waals surface area contributed by atoms with Crippen LogP contribution in [0.5, 0.6) is 0 Å². The highest BCUT2D eigenvalue weighted by Crippen LogP contribution is 2.27. The third-order valence-electron chi connectivity index (χ3n) is 3.45. The molecule has 0 radical (unpaired) electrons. The summed E-state index contributed by atoms with van der Waals surface area (Å²) in [5.41, 5.74) is 6.68. The molecule has 2 heterocycles. The fourth-order valence-electron chi connectivity index (χ4n) is 2.27. The van der Waals surface area contributed by atoms with Crippen LogP contribution in [-0.2, 0) is 7.05 Å². The first-order valence-electron chi connectivity index (χ1n) is 7.00. The SMILES string of the molecule is CCCCC(CN)NC(=O)c1cc2c(C)nn(C)c2s1.Cl. The molecule has 1 atom stereocenters. The number of aryl methyl sites for hydroxylation is 2. The molecule has 0 aromatic carbocycles. The number of aromatic nitrogens is 2. The lowest BCUT2D eigenvalue weighted by Crippen LogP contribution is -2.39. The summed E-state index contributed by atoms with van der Waals surface area (Å²) < 4.78 is 1.82. The van der Waals surface area contributed by atoms with Gasteiger partial charge in [-0.25, -0.2) is 0 Å². The largest absolute Gasteiger partial charge is 0.347 e. The zero-order chi connectivity index (χ0) is 14.7. The minimum absolute atomic E-state index is 0. The number of nitrogens with one attached hydrogen (secondary N) is 1. The van der Waals surface area contributed by atoms with E-state index in [1.54, 1.807) is 0 Å². The number of halogens is 1. The van der Waals surface area contributed by atoms with Crippen molar-refractivity contribution in [1.82, 2.24) is 15.1 Å². The van der Waals surface area contributed by atoms with Crippen LogP contribution >= 0.6 is 23.7 Å². The second-order valence-electron chi connectivity index (χ2n) is 5.09. The molecule has 0 fully saturated rings. The normalized spacial score (nSPS) is 12.2. The first-order valence-corrected chi connectivity index (χ1v) is 7.82. The predicted octanol–water partition coefficient (Wildman–Crippen LogP) is 2.61. The van der Waals surface area contributed by atoms with Gasteiger partial charge < -0.3 is 11.1 Å². The van der Waals surface area contributed by atoms with E-state index in [1.165, 1.54) is 11.3 Å². The van der Waals surface area contributed by atoms with Gasteiger partial charge in [0.05, 0.1) is 10.6 Å². The van der Waals surface area contributed by atoms with Crippen molar-refractivity contribution in [2.45, 2.75) is 39.2 Å². The number of thiophene rings is 1. The zero-order valence-electron chi connectivity index (χ0n) is 12.7. The van der Waals surface area contributed by atoms with Crippen molar-refractivity contribution in [3.05, 3.63) is 16.6 Å².